The van der Waals surface area contributed by atoms with Gasteiger partial charge < -0.3 is 25.8 Å². The van der Waals surface area contributed by atoms with E-state index in [0.29, 0.717) is 0 Å². The fraction of sp³-hybridized carbons (Fsp3) is 0.583. The number of aromatic nitrogens is 4. The fourth-order valence-electron chi connectivity index (χ4n) is 2.68. The maximum Gasteiger partial charge on any atom is 0.313 e. The van der Waals surface area contributed by atoms with Crippen molar-refractivity contribution in [3.05, 3.63) is 16.7 Å². The van der Waals surface area contributed by atoms with Crippen LogP contribution >= 0.6 is 0 Å². The van der Waals surface area contributed by atoms with Crippen molar-refractivity contribution in [3.63, 3.8) is 0 Å². The number of aliphatic hydroxyl groups is 3. The van der Waals surface area contributed by atoms with Gasteiger partial charge in [-0.25, -0.2) is 4.57 Å². The van der Waals surface area contributed by atoms with Gasteiger partial charge in [0.15, 0.2) is 6.33 Å². The van der Waals surface area contributed by atoms with E-state index in [1.807, 2.05) is 0 Å². The molecule has 2 aromatic rings. The lowest BCUT2D eigenvalue weighted by Crippen LogP contribution is -2.46. The molecule has 0 unspecified atom stereocenters. The van der Waals surface area contributed by atoms with Gasteiger partial charge in [0.2, 0.25) is 11.7 Å². The monoisotopic (exact) mass is 312 g/mol. The quantitative estimate of drug-likeness (QED) is 0.427. The van der Waals surface area contributed by atoms with Crippen molar-refractivity contribution in [1.29, 1.82) is 0 Å². The Morgan fingerprint density at radius 2 is 2.09 bits per heavy atom. The largest absolute Gasteiger partial charge is 0.394 e. The molecule has 1 aliphatic heterocycles. The molecule has 0 amide bonds. The molecule has 3 rings (SSSR count). The second-order valence-electron chi connectivity index (χ2n) is 5.37. The van der Waals surface area contributed by atoms with Crippen LogP contribution in [0.5, 0.6) is 0 Å². The highest BCUT2D eigenvalue weighted by atomic mass is 16.6. The minimum Gasteiger partial charge on any atom is -0.394 e. The van der Waals surface area contributed by atoms with E-state index in [-0.39, 0.29) is 22.7 Å². The van der Waals surface area contributed by atoms with Crippen LogP contribution in [0.4, 0.5) is 5.95 Å². The lowest BCUT2D eigenvalue weighted by molar-refractivity contribution is -0.745. The van der Waals surface area contributed by atoms with Crippen molar-refractivity contribution >= 4 is 17.1 Å². The molecule has 22 heavy (non-hydrogen) atoms. The van der Waals surface area contributed by atoms with Crippen molar-refractivity contribution in [2.24, 2.45) is 14.1 Å². The summed E-state index contributed by atoms with van der Waals surface area (Å²) in [5.41, 5.74) is 5.90. The Labute approximate surface area is 124 Å². The highest BCUT2D eigenvalue weighted by Gasteiger charge is 2.46. The molecule has 0 aromatic carbocycles. The molecule has 10 heteroatoms. The third-order valence-corrected chi connectivity index (χ3v) is 3.97. The summed E-state index contributed by atoms with van der Waals surface area (Å²) >= 11 is 0. The number of rotatable bonds is 2. The van der Waals surface area contributed by atoms with Crippen LogP contribution < -0.4 is 15.9 Å². The van der Waals surface area contributed by atoms with Crippen molar-refractivity contribution in [1.82, 2.24) is 14.1 Å². The minimum absolute atomic E-state index is 0.0178. The topological polar surface area (TPSA) is 140 Å². The Morgan fingerprint density at radius 3 is 2.68 bits per heavy atom. The molecule has 120 valence electrons. The third-order valence-electron chi connectivity index (χ3n) is 3.97. The van der Waals surface area contributed by atoms with E-state index < -0.39 is 31.1 Å². The van der Waals surface area contributed by atoms with Crippen molar-refractivity contribution in [3.8, 4) is 0 Å². The van der Waals surface area contributed by atoms with Crippen molar-refractivity contribution in [2.75, 3.05) is 12.3 Å². The van der Waals surface area contributed by atoms with Gasteiger partial charge in [0, 0.05) is 7.05 Å². The molecule has 1 saturated heterocycles. The highest BCUT2D eigenvalue weighted by molar-refractivity contribution is 5.67. The van der Waals surface area contributed by atoms with E-state index in [0.717, 1.165) is 0 Å². The SMILES string of the molecule is Cn1c(N)nc2c(c1=O)n(C)c[n+]2[C@@H]1O[C@H](CO)[C@@H](O)[C@H]1O. The summed E-state index contributed by atoms with van der Waals surface area (Å²) in [6.45, 7) is -0.433. The Balaban J connectivity index is 2.19. The molecule has 3 heterocycles. The number of nitrogens with zero attached hydrogens (tertiary/aromatic N) is 4. The average molecular weight is 312 g/mol. The number of hydrogen-bond acceptors (Lipinski definition) is 7. The summed E-state index contributed by atoms with van der Waals surface area (Å²) in [4.78, 5) is 16.4. The van der Waals surface area contributed by atoms with Gasteiger partial charge in [-0.3, -0.25) is 13.9 Å². The number of fused-ring (bicyclic) bond motifs is 1. The normalized spacial score (nSPS) is 28.6. The number of nitrogens with two attached hydrogens (primary N) is 1. The zero-order valence-corrected chi connectivity index (χ0v) is 12.1. The Hall–Kier alpha value is -2.01. The van der Waals surface area contributed by atoms with Crippen LogP contribution in [0, 0.1) is 0 Å². The van der Waals surface area contributed by atoms with Crippen LogP contribution in [0.3, 0.4) is 0 Å². The third kappa shape index (κ3) is 1.92. The lowest BCUT2D eigenvalue weighted by Gasteiger charge is -2.12. The Kier molecular flexibility index (Phi) is 3.40. The standard InChI is InChI=1S/C12H17N5O5/c1-15-4-17(11-8(20)7(19)5(3-18)22-11)9-6(15)10(21)16(2)12(13)14-9/h4-5,7-8,11,18-20H,3H2,1-2H3,(H-,13,14,21)/p+1/t5-,7-,8-,11-/m1/s1. The molecule has 10 nitrogen and oxygen atoms in total. The van der Waals surface area contributed by atoms with Crippen LogP contribution in [-0.2, 0) is 18.8 Å². The van der Waals surface area contributed by atoms with Gasteiger partial charge in [-0.1, -0.05) is 4.98 Å². The van der Waals surface area contributed by atoms with Crippen LogP contribution in [0.1, 0.15) is 6.23 Å². The molecule has 2 aromatic heterocycles. The molecule has 0 aliphatic carbocycles. The van der Waals surface area contributed by atoms with E-state index in [2.05, 4.69) is 4.98 Å². The fourth-order valence-corrected chi connectivity index (χ4v) is 2.68. The molecular formula is C12H18N5O5+. The number of imidazole rings is 1. The minimum atomic E-state index is -1.26. The van der Waals surface area contributed by atoms with E-state index in [9.17, 15) is 15.0 Å². The van der Waals surface area contributed by atoms with Crippen molar-refractivity contribution < 1.29 is 24.6 Å². The number of ether oxygens (including phenoxy) is 1. The summed E-state index contributed by atoms with van der Waals surface area (Å²) < 4.78 is 9.64. The van der Waals surface area contributed by atoms with E-state index >= 15 is 0 Å². The lowest BCUT2D eigenvalue weighted by atomic mass is 10.1. The maximum absolute atomic E-state index is 12.3. The molecular weight excluding hydrogens is 294 g/mol. The zero-order valence-electron chi connectivity index (χ0n) is 12.1. The van der Waals surface area contributed by atoms with Crippen molar-refractivity contribution in [2.45, 2.75) is 24.5 Å². The molecule has 0 bridgehead atoms. The van der Waals surface area contributed by atoms with Gasteiger partial charge in [0.25, 0.3) is 5.95 Å². The van der Waals surface area contributed by atoms with E-state index in [1.165, 1.54) is 22.5 Å². The van der Waals surface area contributed by atoms with E-state index in [4.69, 9.17) is 15.6 Å². The summed E-state index contributed by atoms with van der Waals surface area (Å²) in [6.07, 6.45) is -2.86. The number of aryl methyl sites for hydroxylation is 1. The second-order valence-corrected chi connectivity index (χ2v) is 5.37. The molecule has 1 fully saturated rings. The van der Waals surface area contributed by atoms with Gasteiger partial charge in [-0.2, -0.15) is 0 Å². The highest BCUT2D eigenvalue weighted by Crippen LogP contribution is 2.26. The number of anilines is 1. The Morgan fingerprint density at radius 1 is 1.41 bits per heavy atom. The number of nitrogen functional groups attached to an aromatic ring is 1. The van der Waals surface area contributed by atoms with Crippen LogP contribution in [0.2, 0.25) is 0 Å². The maximum atomic E-state index is 12.3. The summed E-state index contributed by atoms with van der Waals surface area (Å²) in [6, 6.07) is 0. The summed E-state index contributed by atoms with van der Waals surface area (Å²) in [5, 5.41) is 29.1. The average Bonchev–Trinajstić information content (AvgIpc) is 2.95. The van der Waals surface area contributed by atoms with Gasteiger partial charge in [-0.05, 0) is 0 Å². The molecule has 0 saturated carbocycles. The van der Waals surface area contributed by atoms with E-state index in [1.54, 1.807) is 11.6 Å². The molecule has 5 N–H and O–H groups in total. The Bertz CT molecular complexity index is 784. The number of aliphatic hydroxyl groups excluding tert-OH is 3. The molecule has 4 atom stereocenters. The summed E-state index contributed by atoms with van der Waals surface area (Å²) in [7, 11) is 3.16. The van der Waals surface area contributed by atoms with Gasteiger partial charge >= 0.3 is 11.2 Å². The predicted octanol–water partition coefficient (Wildman–Crippen LogP) is -3.25. The van der Waals surface area contributed by atoms with Crippen LogP contribution in [-0.4, -0.2) is 54.4 Å². The molecule has 1 aliphatic rings. The van der Waals surface area contributed by atoms with Gasteiger partial charge in [0.05, 0.1) is 13.7 Å². The van der Waals surface area contributed by atoms with Gasteiger partial charge in [-0.15, -0.1) is 0 Å². The van der Waals surface area contributed by atoms with Crippen LogP contribution in [0.25, 0.3) is 11.2 Å². The first-order chi connectivity index (χ1) is 10.4. The predicted molar refractivity (Wildman–Crippen MR) is 73.6 cm³/mol. The molecule has 0 spiro atoms. The first-order valence-corrected chi connectivity index (χ1v) is 6.72. The summed E-state index contributed by atoms with van der Waals surface area (Å²) in [5.74, 6) is 0.0178. The number of hydrogen-bond donors (Lipinski definition) is 4. The smallest absolute Gasteiger partial charge is 0.313 e. The first kappa shape index (κ1) is 14.9. The zero-order chi connectivity index (χ0) is 16.2. The van der Waals surface area contributed by atoms with Gasteiger partial charge in [0.1, 0.15) is 18.3 Å². The first-order valence-electron chi connectivity index (χ1n) is 6.72. The molecule has 0 radical (unpaired) electrons. The van der Waals surface area contributed by atoms with Crippen LogP contribution in [0.15, 0.2) is 11.1 Å². The second kappa shape index (κ2) is 5.02.